The van der Waals surface area contributed by atoms with Crippen LogP contribution >= 0.6 is 0 Å². The molecule has 0 atom stereocenters. The van der Waals surface area contributed by atoms with Gasteiger partial charge < -0.3 is 23.7 Å². The van der Waals surface area contributed by atoms with Crippen molar-refractivity contribution in [2.45, 2.75) is 13.8 Å². The van der Waals surface area contributed by atoms with Crippen LogP contribution in [0.15, 0.2) is 54.6 Å². The Kier molecular flexibility index (Phi) is 7.00. The van der Waals surface area contributed by atoms with Crippen LogP contribution in [-0.4, -0.2) is 33.3 Å². The molecule has 7 nitrogen and oxygen atoms in total. The van der Waals surface area contributed by atoms with E-state index in [-0.39, 0.29) is 17.2 Å². The first kappa shape index (κ1) is 22.7. The van der Waals surface area contributed by atoms with E-state index in [2.05, 4.69) is 0 Å². The molecule has 0 aliphatic rings. The van der Waals surface area contributed by atoms with Gasteiger partial charge in [0.2, 0.25) is 0 Å². The van der Waals surface area contributed by atoms with E-state index in [0.29, 0.717) is 28.2 Å². The number of methoxy groups -OCH3 is 3. The van der Waals surface area contributed by atoms with Gasteiger partial charge in [0.15, 0.2) is 11.5 Å². The molecule has 0 heterocycles. The lowest BCUT2D eigenvalue weighted by atomic mass is 9.96. The minimum atomic E-state index is -0.515. The molecule has 3 rings (SSSR count). The molecule has 32 heavy (non-hydrogen) atoms. The molecule has 0 N–H and O–H groups in total. The van der Waals surface area contributed by atoms with Crippen LogP contribution in [0.25, 0.3) is 22.3 Å². The van der Waals surface area contributed by atoms with Crippen LogP contribution in [0.1, 0.15) is 13.8 Å². The summed E-state index contributed by atoms with van der Waals surface area (Å²) in [5, 5.41) is 0. The zero-order valence-corrected chi connectivity index (χ0v) is 18.6. The van der Waals surface area contributed by atoms with E-state index in [9.17, 15) is 9.59 Å². The molecule has 0 saturated carbocycles. The van der Waals surface area contributed by atoms with Crippen molar-refractivity contribution in [3.8, 4) is 51.0 Å². The fraction of sp³-hybridized carbons (Fsp3) is 0.200. The van der Waals surface area contributed by atoms with Gasteiger partial charge in [-0.05, 0) is 41.5 Å². The average Bonchev–Trinajstić information content (AvgIpc) is 2.79. The van der Waals surface area contributed by atoms with Crippen LogP contribution in [0.3, 0.4) is 0 Å². The Balaban J connectivity index is 2.33. The molecular weight excluding hydrogens is 412 g/mol. The van der Waals surface area contributed by atoms with Crippen LogP contribution in [0, 0.1) is 0 Å². The topological polar surface area (TPSA) is 80.3 Å². The highest BCUT2D eigenvalue weighted by Crippen LogP contribution is 2.50. The Hall–Kier alpha value is -4.00. The van der Waals surface area contributed by atoms with Gasteiger partial charge >= 0.3 is 11.9 Å². The van der Waals surface area contributed by atoms with Crippen molar-refractivity contribution >= 4 is 11.9 Å². The number of hydrogen-bond donors (Lipinski definition) is 0. The molecule has 0 radical (unpaired) electrons. The summed E-state index contributed by atoms with van der Waals surface area (Å²) in [5.74, 6) is 1.06. The van der Waals surface area contributed by atoms with Gasteiger partial charge in [0.05, 0.1) is 26.9 Å². The highest BCUT2D eigenvalue weighted by Gasteiger charge is 2.25. The predicted octanol–water partition coefficient (Wildman–Crippen LogP) is 4.90. The third-order valence-electron chi connectivity index (χ3n) is 4.68. The van der Waals surface area contributed by atoms with Gasteiger partial charge in [0.1, 0.15) is 17.2 Å². The largest absolute Gasteiger partial charge is 0.497 e. The second-order valence-corrected chi connectivity index (χ2v) is 6.80. The number of benzene rings is 3. The van der Waals surface area contributed by atoms with Gasteiger partial charge in [-0.1, -0.05) is 24.3 Å². The number of rotatable bonds is 7. The Bertz CT molecular complexity index is 1120. The fourth-order valence-corrected chi connectivity index (χ4v) is 3.31. The number of hydrogen-bond acceptors (Lipinski definition) is 7. The predicted molar refractivity (Wildman–Crippen MR) is 120 cm³/mol. The number of ether oxygens (including phenoxy) is 5. The van der Waals surface area contributed by atoms with Crippen LogP contribution in [0.5, 0.6) is 28.7 Å². The minimum Gasteiger partial charge on any atom is -0.497 e. The Morgan fingerprint density at radius 1 is 0.625 bits per heavy atom. The van der Waals surface area contributed by atoms with E-state index in [1.165, 1.54) is 21.0 Å². The highest BCUT2D eigenvalue weighted by atomic mass is 16.6. The minimum absolute atomic E-state index is 0.215. The molecule has 166 valence electrons. The molecule has 0 amide bonds. The monoisotopic (exact) mass is 436 g/mol. The first-order valence-electron chi connectivity index (χ1n) is 9.78. The standard InChI is InChI=1S/C25H24O7/c1-15(26)31-22-14-21(17-6-10-19(28-3)11-7-17)24(32-16(2)27)25(30-5)23(22)18-8-12-20(29-4)13-9-18/h6-14H,1-5H3. The summed E-state index contributed by atoms with van der Waals surface area (Å²) in [5.41, 5.74) is 2.40. The van der Waals surface area contributed by atoms with Gasteiger partial charge in [-0.2, -0.15) is 0 Å². The summed E-state index contributed by atoms with van der Waals surface area (Å²) >= 11 is 0. The normalized spacial score (nSPS) is 10.3. The number of esters is 2. The van der Waals surface area contributed by atoms with E-state index in [1.54, 1.807) is 56.7 Å². The van der Waals surface area contributed by atoms with E-state index in [1.807, 2.05) is 12.1 Å². The molecule has 0 saturated heterocycles. The lowest BCUT2D eigenvalue weighted by Crippen LogP contribution is -2.08. The SMILES string of the molecule is COc1ccc(-c2cc(OC(C)=O)c(-c3ccc(OC)cc3)c(OC)c2OC(C)=O)cc1. The smallest absolute Gasteiger partial charge is 0.308 e. The summed E-state index contributed by atoms with van der Waals surface area (Å²) in [4.78, 5) is 23.9. The van der Waals surface area contributed by atoms with Crippen molar-refractivity contribution in [3.63, 3.8) is 0 Å². The Morgan fingerprint density at radius 2 is 1.12 bits per heavy atom. The van der Waals surface area contributed by atoms with Crippen LogP contribution in [0.2, 0.25) is 0 Å². The van der Waals surface area contributed by atoms with Crippen LogP contribution in [0.4, 0.5) is 0 Å². The third-order valence-corrected chi connectivity index (χ3v) is 4.68. The van der Waals surface area contributed by atoms with Crippen molar-refractivity contribution in [1.29, 1.82) is 0 Å². The fourth-order valence-electron chi connectivity index (χ4n) is 3.31. The molecule has 7 heteroatoms. The number of carbonyl (C=O) groups excluding carboxylic acids is 2. The zero-order valence-electron chi connectivity index (χ0n) is 18.6. The second-order valence-electron chi connectivity index (χ2n) is 6.80. The zero-order chi connectivity index (χ0) is 23.3. The second kappa shape index (κ2) is 9.87. The summed E-state index contributed by atoms with van der Waals surface area (Å²) in [6.45, 7) is 2.63. The van der Waals surface area contributed by atoms with Crippen LogP contribution in [-0.2, 0) is 9.59 Å². The first-order valence-corrected chi connectivity index (χ1v) is 9.78. The van der Waals surface area contributed by atoms with E-state index in [0.717, 1.165) is 5.56 Å². The molecule has 3 aromatic carbocycles. The van der Waals surface area contributed by atoms with E-state index < -0.39 is 11.9 Å². The summed E-state index contributed by atoms with van der Waals surface area (Å²) in [6, 6.07) is 16.0. The van der Waals surface area contributed by atoms with Crippen molar-refractivity contribution in [2.24, 2.45) is 0 Å². The summed E-state index contributed by atoms with van der Waals surface area (Å²) < 4.78 is 27.3. The maximum absolute atomic E-state index is 12.0. The van der Waals surface area contributed by atoms with Gasteiger partial charge in [-0.3, -0.25) is 9.59 Å². The van der Waals surface area contributed by atoms with Crippen molar-refractivity contribution < 1.29 is 33.3 Å². The highest BCUT2D eigenvalue weighted by molar-refractivity contribution is 5.91. The molecule has 0 aliphatic heterocycles. The summed E-state index contributed by atoms with van der Waals surface area (Å²) in [6.07, 6.45) is 0. The van der Waals surface area contributed by atoms with Gasteiger partial charge in [-0.15, -0.1) is 0 Å². The average molecular weight is 436 g/mol. The van der Waals surface area contributed by atoms with Gasteiger partial charge in [0.25, 0.3) is 0 Å². The van der Waals surface area contributed by atoms with Gasteiger partial charge in [0, 0.05) is 19.4 Å². The lowest BCUT2D eigenvalue weighted by molar-refractivity contribution is -0.133. The van der Waals surface area contributed by atoms with Crippen LogP contribution < -0.4 is 23.7 Å². The summed E-state index contributed by atoms with van der Waals surface area (Å²) in [7, 11) is 4.61. The lowest BCUT2D eigenvalue weighted by Gasteiger charge is -2.20. The molecule has 0 aromatic heterocycles. The van der Waals surface area contributed by atoms with Crippen molar-refractivity contribution in [3.05, 3.63) is 54.6 Å². The van der Waals surface area contributed by atoms with E-state index >= 15 is 0 Å². The van der Waals surface area contributed by atoms with E-state index in [4.69, 9.17) is 23.7 Å². The maximum Gasteiger partial charge on any atom is 0.308 e. The van der Waals surface area contributed by atoms with Crippen molar-refractivity contribution in [2.75, 3.05) is 21.3 Å². The Morgan fingerprint density at radius 3 is 1.56 bits per heavy atom. The Labute approximate surface area is 186 Å². The molecular formula is C25H24O7. The third kappa shape index (κ3) is 4.83. The molecule has 0 unspecified atom stereocenters. The maximum atomic E-state index is 12.0. The molecule has 0 bridgehead atoms. The molecule has 0 spiro atoms. The van der Waals surface area contributed by atoms with Crippen molar-refractivity contribution in [1.82, 2.24) is 0 Å². The first-order chi connectivity index (χ1) is 15.4. The number of carbonyl (C=O) groups is 2. The molecule has 0 fully saturated rings. The quantitative estimate of drug-likeness (QED) is 0.385. The molecule has 3 aromatic rings. The van der Waals surface area contributed by atoms with Gasteiger partial charge in [-0.25, -0.2) is 0 Å². The molecule has 0 aliphatic carbocycles.